The average Bonchev–Trinajstić information content (AvgIpc) is 2.67. The van der Waals surface area contributed by atoms with Crippen LogP contribution in [-0.2, 0) is 14.3 Å². The molecule has 0 radical (unpaired) electrons. The zero-order chi connectivity index (χ0) is 16.3. The number of hydrogen-bond acceptors (Lipinski definition) is 4. The van der Waals surface area contributed by atoms with E-state index in [1.165, 1.54) is 0 Å². The number of ether oxygens (including phenoxy) is 2. The van der Waals surface area contributed by atoms with Gasteiger partial charge in [-0.2, -0.15) is 0 Å². The lowest BCUT2D eigenvalue weighted by Gasteiger charge is -2.34. The molecule has 1 aromatic carbocycles. The second kappa shape index (κ2) is 4.34. The highest BCUT2D eigenvalue weighted by atomic mass is 16.6. The Morgan fingerprint density at radius 3 is 2.14 bits per heavy atom. The van der Waals surface area contributed by atoms with E-state index in [9.17, 15) is 9.59 Å². The van der Waals surface area contributed by atoms with Crippen molar-refractivity contribution in [2.75, 3.05) is 0 Å². The van der Waals surface area contributed by atoms with Crippen molar-refractivity contribution in [3.8, 4) is 5.75 Å². The van der Waals surface area contributed by atoms with Crippen LogP contribution in [0.3, 0.4) is 0 Å². The van der Waals surface area contributed by atoms with Gasteiger partial charge in [0.2, 0.25) is 5.60 Å². The summed E-state index contributed by atoms with van der Waals surface area (Å²) in [5.41, 5.74) is -0.309. The SMILES string of the molecule is Cc1cc(C)cc(OC(=O)[C@@]23CC[C@](C)(C(=O)O2)C3(C)C)c1. The van der Waals surface area contributed by atoms with Crippen molar-refractivity contribution in [1.29, 1.82) is 0 Å². The van der Waals surface area contributed by atoms with Crippen LogP contribution in [-0.4, -0.2) is 17.5 Å². The summed E-state index contributed by atoms with van der Waals surface area (Å²) in [7, 11) is 0. The Morgan fingerprint density at radius 1 is 1.09 bits per heavy atom. The zero-order valence-corrected chi connectivity index (χ0v) is 13.8. The third-order valence-electron chi connectivity index (χ3n) is 5.82. The van der Waals surface area contributed by atoms with Crippen molar-refractivity contribution in [1.82, 2.24) is 0 Å². The maximum Gasteiger partial charge on any atom is 0.356 e. The molecule has 4 heteroatoms. The molecule has 0 N–H and O–H groups in total. The number of carbonyl (C=O) groups is 2. The van der Waals surface area contributed by atoms with Crippen LogP contribution in [0.1, 0.15) is 44.7 Å². The number of benzene rings is 1. The fraction of sp³-hybridized carbons (Fsp3) is 0.556. The van der Waals surface area contributed by atoms with Crippen molar-refractivity contribution in [3.05, 3.63) is 29.3 Å². The fourth-order valence-corrected chi connectivity index (χ4v) is 3.88. The van der Waals surface area contributed by atoms with Crippen LogP contribution in [0.5, 0.6) is 5.75 Å². The first kappa shape index (κ1) is 15.1. The molecule has 3 rings (SSSR count). The Hall–Kier alpha value is -1.84. The molecule has 1 saturated heterocycles. The predicted octanol–water partition coefficient (Wildman–Crippen LogP) is 3.33. The summed E-state index contributed by atoms with van der Waals surface area (Å²) >= 11 is 0. The van der Waals surface area contributed by atoms with Gasteiger partial charge in [0.05, 0.1) is 5.41 Å². The highest BCUT2D eigenvalue weighted by molar-refractivity contribution is 5.94. The van der Waals surface area contributed by atoms with Gasteiger partial charge >= 0.3 is 11.9 Å². The zero-order valence-electron chi connectivity index (χ0n) is 13.8. The second-order valence-corrected chi connectivity index (χ2v) is 7.39. The van der Waals surface area contributed by atoms with Crippen LogP contribution < -0.4 is 4.74 Å². The van der Waals surface area contributed by atoms with E-state index < -0.39 is 22.4 Å². The molecular weight excluding hydrogens is 280 g/mol. The number of aryl methyl sites for hydroxylation is 2. The Bertz CT molecular complexity index is 655. The van der Waals surface area contributed by atoms with E-state index in [0.717, 1.165) is 11.1 Å². The van der Waals surface area contributed by atoms with Crippen LogP contribution >= 0.6 is 0 Å². The number of esters is 2. The molecule has 2 fully saturated rings. The maximum absolute atomic E-state index is 12.8. The molecule has 1 aromatic rings. The van der Waals surface area contributed by atoms with Crippen molar-refractivity contribution in [2.24, 2.45) is 10.8 Å². The minimum Gasteiger partial charge on any atom is -0.446 e. The Morgan fingerprint density at radius 2 is 1.68 bits per heavy atom. The number of carbonyl (C=O) groups excluding carboxylic acids is 2. The van der Waals surface area contributed by atoms with Crippen molar-refractivity contribution < 1.29 is 19.1 Å². The third-order valence-corrected chi connectivity index (χ3v) is 5.82. The molecular formula is C18H22O4. The first-order valence-electron chi connectivity index (χ1n) is 7.66. The first-order chi connectivity index (χ1) is 10.1. The normalized spacial score (nSPS) is 32.0. The van der Waals surface area contributed by atoms with Crippen molar-refractivity contribution in [2.45, 2.75) is 53.1 Å². The van der Waals surface area contributed by atoms with Gasteiger partial charge in [-0.05, 0) is 56.9 Å². The number of fused-ring (bicyclic) bond motifs is 2. The van der Waals surface area contributed by atoms with E-state index >= 15 is 0 Å². The van der Waals surface area contributed by atoms with Gasteiger partial charge < -0.3 is 9.47 Å². The minimum absolute atomic E-state index is 0.291. The van der Waals surface area contributed by atoms with Crippen LogP contribution in [0.4, 0.5) is 0 Å². The standard InChI is InChI=1S/C18H22O4/c1-11-8-12(2)10-13(9-11)21-15(20)18-7-6-17(5,14(19)22-18)16(18,3)4/h8-10H,6-7H2,1-5H3/t17-,18-/m1/s1. The van der Waals surface area contributed by atoms with E-state index in [2.05, 4.69) is 0 Å². The summed E-state index contributed by atoms with van der Waals surface area (Å²) in [4.78, 5) is 25.0. The minimum atomic E-state index is -1.17. The summed E-state index contributed by atoms with van der Waals surface area (Å²) in [6.45, 7) is 9.64. The molecule has 2 aliphatic rings. The van der Waals surface area contributed by atoms with Gasteiger partial charge in [-0.3, -0.25) is 4.79 Å². The number of hydrogen-bond donors (Lipinski definition) is 0. The van der Waals surface area contributed by atoms with Crippen LogP contribution in [0.25, 0.3) is 0 Å². The van der Waals surface area contributed by atoms with E-state index in [1.54, 1.807) is 0 Å². The lowest BCUT2D eigenvalue weighted by atomic mass is 9.66. The Labute approximate surface area is 130 Å². The molecule has 4 nitrogen and oxygen atoms in total. The summed E-state index contributed by atoms with van der Waals surface area (Å²) in [6, 6.07) is 5.65. The molecule has 0 unspecified atom stereocenters. The molecule has 1 aliphatic heterocycles. The predicted molar refractivity (Wildman–Crippen MR) is 81.5 cm³/mol. The molecule has 0 aromatic heterocycles. The molecule has 1 saturated carbocycles. The highest BCUT2D eigenvalue weighted by Gasteiger charge is 2.76. The highest BCUT2D eigenvalue weighted by Crippen LogP contribution is 2.65. The largest absolute Gasteiger partial charge is 0.446 e. The molecule has 118 valence electrons. The van der Waals surface area contributed by atoms with E-state index in [0.29, 0.717) is 18.6 Å². The molecule has 1 heterocycles. The molecule has 22 heavy (non-hydrogen) atoms. The van der Waals surface area contributed by atoms with Gasteiger partial charge in [0.15, 0.2) is 0 Å². The average molecular weight is 302 g/mol. The lowest BCUT2D eigenvalue weighted by Crippen LogP contribution is -2.50. The summed E-state index contributed by atoms with van der Waals surface area (Å²) in [6.07, 6.45) is 1.17. The van der Waals surface area contributed by atoms with Gasteiger partial charge in [-0.15, -0.1) is 0 Å². The van der Waals surface area contributed by atoms with Gasteiger partial charge in [0, 0.05) is 5.41 Å². The van der Waals surface area contributed by atoms with Crippen molar-refractivity contribution in [3.63, 3.8) is 0 Å². The van der Waals surface area contributed by atoms with Gasteiger partial charge in [-0.25, -0.2) is 4.79 Å². The molecule has 1 aliphatic carbocycles. The third kappa shape index (κ3) is 1.70. The number of rotatable bonds is 2. The van der Waals surface area contributed by atoms with Crippen molar-refractivity contribution >= 4 is 11.9 Å². The van der Waals surface area contributed by atoms with Crippen LogP contribution in [0.2, 0.25) is 0 Å². The lowest BCUT2D eigenvalue weighted by molar-refractivity contribution is -0.176. The second-order valence-electron chi connectivity index (χ2n) is 7.39. The quantitative estimate of drug-likeness (QED) is 0.621. The van der Waals surface area contributed by atoms with Gasteiger partial charge in [0.1, 0.15) is 5.75 Å². The Kier molecular flexibility index (Phi) is 2.97. The topological polar surface area (TPSA) is 52.6 Å². The van der Waals surface area contributed by atoms with E-state index in [-0.39, 0.29) is 5.97 Å². The molecule has 2 atom stereocenters. The first-order valence-corrected chi connectivity index (χ1v) is 7.66. The van der Waals surface area contributed by atoms with Gasteiger partial charge in [-0.1, -0.05) is 19.9 Å². The molecule has 2 bridgehead atoms. The molecule has 0 spiro atoms. The van der Waals surface area contributed by atoms with Crippen LogP contribution in [0.15, 0.2) is 18.2 Å². The maximum atomic E-state index is 12.8. The fourth-order valence-electron chi connectivity index (χ4n) is 3.88. The monoisotopic (exact) mass is 302 g/mol. The van der Waals surface area contributed by atoms with E-state index in [4.69, 9.17) is 9.47 Å². The summed E-state index contributed by atoms with van der Waals surface area (Å²) in [5.74, 6) is -0.248. The smallest absolute Gasteiger partial charge is 0.356 e. The summed E-state index contributed by atoms with van der Waals surface area (Å²) < 4.78 is 11.1. The Balaban J connectivity index is 1.94. The van der Waals surface area contributed by atoms with Gasteiger partial charge in [0.25, 0.3) is 0 Å². The summed E-state index contributed by atoms with van der Waals surface area (Å²) in [5, 5.41) is 0. The van der Waals surface area contributed by atoms with Crippen LogP contribution in [0, 0.1) is 24.7 Å². The molecule has 0 amide bonds. The van der Waals surface area contributed by atoms with E-state index in [1.807, 2.05) is 52.8 Å².